The quantitative estimate of drug-likeness (QED) is 0.160. The van der Waals surface area contributed by atoms with Gasteiger partial charge in [-0.25, -0.2) is 15.0 Å². The van der Waals surface area contributed by atoms with Gasteiger partial charge in [0, 0.05) is 47.6 Å². The second-order valence-electron chi connectivity index (χ2n) is 17.8. The van der Waals surface area contributed by atoms with E-state index in [1.807, 2.05) is 30.3 Å². The molecule has 1 aliphatic carbocycles. The highest BCUT2D eigenvalue weighted by Gasteiger charge is 2.46. The van der Waals surface area contributed by atoms with Crippen LogP contribution in [-0.2, 0) is 5.41 Å². The molecule has 0 spiro atoms. The Morgan fingerprint density at radius 2 is 0.899 bits per heavy atom. The van der Waals surface area contributed by atoms with Gasteiger partial charge in [0.05, 0.1) is 5.41 Å². The fourth-order valence-corrected chi connectivity index (χ4v) is 12.1. The number of hydrogen-bond donors (Lipinski definition) is 0. The van der Waals surface area contributed by atoms with Crippen LogP contribution in [0.1, 0.15) is 22.3 Å². The van der Waals surface area contributed by atoms with Crippen LogP contribution in [0.5, 0.6) is 0 Å². The zero-order valence-electron chi connectivity index (χ0n) is 37.2. The van der Waals surface area contributed by atoms with E-state index in [1.54, 1.807) is 11.3 Å². The molecule has 3 heterocycles. The maximum absolute atomic E-state index is 6.61. The highest BCUT2D eigenvalue weighted by Crippen LogP contribution is 2.58. The summed E-state index contributed by atoms with van der Waals surface area (Å²) in [5.74, 6) is 1.83. The largest absolute Gasteiger partial charge is 0.456 e. The molecule has 0 saturated carbocycles. The van der Waals surface area contributed by atoms with Crippen LogP contribution in [0.3, 0.4) is 0 Å². The summed E-state index contributed by atoms with van der Waals surface area (Å²) in [6.45, 7) is 0. The number of nitrogens with zero attached hydrogens (tertiary/aromatic N) is 3. The molecule has 0 unspecified atom stereocenters. The molecule has 13 aromatic rings. The zero-order chi connectivity index (χ0) is 45.5. The van der Waals surface area contributed by atoms with Gasteiger partial charge in [-0.2, -0.15) is 0 Å². The Labute approximate surface area is 402 Å². The summed E-state index contributed by atoms with van der Waals surface area (Å²) in [4.78, 5) is 15.6. The first kappa shape index (κ1) is 39.4. The molecule has 0 atom stereocenters. The molecule has 69 heavy (non-hydrogen) atoms. The summed E-state index contributed by atoms with van der Waals surface area (Å²) >= 11 is 1.80. The number of furan rings is 1. The van der Waals surface area contributed by atoms with Gasteiger partial charge in [0.15, 0.2) is 17.5 Å². The summed E-state index contributed by atoms with van der Waals surface area (Å²) in [5.41, 5.74) is 16.1. The molecule has 0 radical (unpaired) electrons. The molecular weight excluding hydrogens is 859 g/mol. The Bertz CT molecular complexity index is 4100. The van der Waals surface area contributed by atoms with Crippen LogP contribution in [0.25, 0.3) is 110 Å². The second-order valence-corrected chi connectivity index (χ2v) is 18.9. The van der Waals surface area contributed by atoms with Gasteiger partial charge in [-0.05, 0) is 104 Å². The number of aromatic nitrogens is 3. The standard InChI is InChI=1S/C64H39N3OS/c1-4-17-40(18-5-1)61-65-62(44-34-36-58-51(39-44)48-25-11-13-32-57(48)69-58)67-63(66-61)50-28-16-31-56-60(50)52-38-42(33-35-55(52)68-56)41-19-14-20-43(37-41)47-27-15-30-54-59(47)49-26-10-12-29-53(49)64(54,45-21-6-2-7-22-45)46-23-8-3-9-24-46/h1-39H. The summed E-state index contributed by atoms with van der Waals surface area (Å²) < 4.78 is 9.11. The molecule has 10 aromatic carbocycles. The van der Waals surface area contributed by atoms with Crippen molar-refractivity contribution < 1.29 is 4.42 Å². The van der Waals surface area contributed by atoms with E-state index in [0.29, 0.717) is 17.5 Å². The van der Waals surface area contributed by atoms with Crippen molar-refractivity contribution in [3.05, 3.63) is 259 Å². The average Bonchev–Trinajstić information content (AvgIpc) is 4.09. The van der Waals surface area contributed by atoms with E-state index in [-0.39, 0.29) is 0 Å². The van der Waals surface area contributed by atoms with E-state index in [1.165, 1.54) is 59.1 Å². The molecule has 322 valence electrons. The van der Waals surface area contributed by atoms with Gasteiger partial charge in [-0.1, -0.05) is 188 Å². The predicted molar refractivity (Wildman–Crippen MR) is 284 cm³/mol. The van der Waals surface area contributed by atoms with Crippen molar-refractivity contribution in [3.63, 3.8) is 0 Å². The smallest absolute Gasteiger partial charge is 0.164 e. The van der Waals surface area contributed by atoms with Gasteiger partial charge < -0.3 is 4.42 Å². The van der Waals surface area contributed by atoms with E-state index in [0.717, 1.165) is 55.3 Å². The fraction of sp³-hybridized carbons (Fsp3) is 0.0156. The third kappa shape index (κ3) is 6.18. The van der Waals surface area contributed by atoms with E-state index >= 15 is 0 Å². The van der Waals surface area contributed by atoms with Crippen molar-refractivity contribution >= 4 is 53.4 Å². The Hall–Kier alpha value is -8.77. The van der Waals surface area contributed by atoms with E-state index in [4.69, 9.17) is 19.4 Å². The molecule has 0 bridgehead atoms. The number of fused-ring (bicyclic) bond motifs is 9. The minimum absolute atomic E-state index is 0.471. The molecule has 5 heteroatoms. The predicted octanol–water partition coefficient (Wildman–Crippen LogP) is 16.8. The van der Waals surface area contributed by atoms with Crippen molar-refractivity contribution in [2.24, 2.45) is 0 Å². The minimum atomic E-state index is -0.471. The topological polar surface area (TPSA) is 51.8 Å². The molecule has 1 aliphatic rings. The SMILES string of the molecule is c1ccc(-c2nc(-c3ccc4sc5ccccc5c4c3)nc(-c3cccc4oc5ccc(-c6cccc(-c7cccc8c7-c7ccccc7C8(c7ccccc7)c7ccccc7)c6)cc5c34)n2)cc1. The first-order valence-electron chi connectivity index (χ1n) is 23.3. The molecular formula is C64H39N3OS. The molecule has 0 aliphatic heterocycles. The van der Waals surface area contributed by atoms with Crippen LogP contribution in [0.15, 0.2) is 241 Å². The van der Waals surface area contributed by atoms with Crippen LogP contribution in [0.4, 0.5) is 0 Å². The van der Waals surface area contributed by atoms with E-state index < -0.39 is 5.41 Å². The lowest BCUT2D eigenvalue weighted by Crippen LogP contribution is -2.28. The average molecular weight is 898 g/mol. The van der Waals surface area contributed by atoms with Crippen molar-refractivity contribution in [1.29, 1.82) is 0 Å². The van der Waals surface area contributed by atoms with Crippen LogP contribution in [-0.4, -0.2) is 15.0 Å². The third-order valence-electron chi connectivity index (χ3n) is 14.0. The van der Waals surface area contributed by atoms with Gasteiger partial charge in [-0.15, -0.1) is 11.3 Å². The summed E-state index contributed by atoms with van der Waals surface area (Å²) in [7, 11) is 0. The van der Waals surface area contributed by atoms with Crippen LogP contribution in [0, 0.1) is 0 Å². The highest BCUT2D eigenvalue weighted by molar-refractivity contribution is 7.25. The van der Waals surface area contributed by atoms with Crippen LogP contribution >= 0.6 is 11.3 Å². The summed E-state index contributed by atoms with van der Waals surface area (Å²) in [5, 5.41) is 4.41. The highest BCUT2D eigenvalue weighted by atomic mass is 32.1. The minimum Gasteiger partial charge on any atom is -0.456 e. The first-order chi connectivity index (χ1) is 34.2. The zero-order valence-corrected chi connectivity index (χ0v) is 38.0. The molecule has 0 saturated heterocycles. The van der Waals surface area contributed by atoms with Gasteiger partial charge in [0.1, 0.15) is 11.2 Å². The Kier molecular flexibility index (Phi) is 8.95. The van der Waals surface area contributed by atoms with E-state index in [2.05, 4.69) is 206 Å². The van der Waals surface area contributed by atoms with E-state index in [9.17, 15) is 0 Å². The number of hydrogen-bond acceptors (Lipinski definition) is 5. The number of rotatable bonds is 7. The summed E-state index contributed by atoms with van der Waals surface area (Å²) in [6.07, 6.45) is 0. The Balaban J connectivity index is 0.916. The van der Waals surface area contributed by atoms with Gasteiger partial charge in [0.25, 0.3) is 0 Å². The molecule has 0 amide bonds. The van der Waals surface area contributed by atoms with Crippen molar-refractivity contribution in [1.82, 2.24) is 15.0 Å². The van der Waals surface area contributed by atoms with Crippen LogP contribution < -0.4 is 0 Å². The van der Waals surface area contributed by atoms with Gasteiger partial charge in [-0.3, -0.25) is 0 Å². The lowest BCUT2D eigenvalue weighted by Gasteiger charge is -2.34. The van der Waals surface area contributed by atoms with Crippen molar-refractivity contribution in [3.8, 4) is 67.5 Å². The Morgan fingerprint density at radius 3 is 1.72 bits per heavy atom. The maximum Gasteiger partial charge on any atom is 0.164 e. The van der Waals surface area contributed by atoms with Gasteiger partial charge >= 0.3 is 0 Å². The van der Waals surface area contributed by atoms with Crippen molar-refractivity contribution in [2.75, 3.05) is 0 Å². The maximum atomic E-state index is 6.61. The molecule has 3 aromatic heterocycles. The second kappa shape index (κ2) is 15.7. The fourth-order valence-electron chi connectivity index (χ4n) is 11.0. The van der Waals surface area contributed by atoms with Gasteiger partial charge in [0.2, 0.25) is 0 Å². The first-order valence-corrected chi connectivity index (χ1v) is 24.1. The van der Waals surface area contributed by atoms with Crippen LogP contribution in [0.2, 0.25) is 0 Å². The molecule has 0 N–H and O–H groups in total. The Morgan fingerprint density at radius 1 is 0.333 bits per heavy atom. The van der Waals surface area contributed by atoms with Crippen molar-refractivity contribution in [2.45, 2.75) is 5.41 Å². The third-order valence-corrected chi connectivity index (χ3v) is 15.2. The normalized spacial score (nSPS) is 12.8. The monoisotopic (exact) mass is 897 g/mol. The molecule has 0 fully saturated rings. The number of thiophene rings is 1. The molecule has 14 rings (SSSR count). The lowest BCUT2D eigenvalue weighted by atomic mass is 9.67. The lowest BCUT2D eigenvalue weighted by molar-refractivity contribution is 0.669. The summed E-state index contributed by atoms with van der Waals surface area (Å²) in [6, 6.07) is 84.8. The number of benzene rings is 10. The molecule has 4 nitrogen and oxygen atoms in total.